The smallest absolute Gasteiger partial charge is 0.146 e. The first-order valence-electron chi connectivity index (χ1n) is 4.86. The van der Waals surface area contributed by atoms with E-state index in [-0.39, 0.29) is 0 Å². The molecule has 0 rings (SSSR count). The molecule has 0 bridgehead atoms. The molecule has 0 atom stereocenters. The Morgan fingerprint density at radius 2 is 2.08 bits per heavy atom. The van der Waals surface area contributed by atoms with Gasteiger partial charge in [-0.25, -0.2) is 0 Å². The zero-order valence-electron chi connectivity index (χ0n) is 9.17. The molecule has 0 fully saturated rings. The minimum Gasteiger partial charge on any atom is -0.383 e. The predicted molar refractivity (Wildman–Crippen MR) is 53.9 cm³/mol. The highest BCUT2D eigenvalue weighted by Gasteiger charge is 2.11. The van der Waals surface area contributed by atoms with Gasteiger partial charge >= 0.3 is 0 Å². The number of rotatable bonds is 7. The van der Waals surface area contributed by atoms with Crippen LogP contribution in [0.2, 0.25) is 0 Å². The summed E-state index contributed by atoms with van der Waals surface area (Å²) in [4.78, 5) is 13.3. The summed E-state index contributed by atoms with van der Waals surface area (Å²) in [7, 11) is 1.68. The van der Waals surface area contributed by atoms with Crippen molar-refractivity contribution in [3.8, 4) is 0 Å². The third-order valence-corrected chi connectivity index (χ3v) is 2.09. The van der Waals surface area contributed by atoms with E-state index in [1.54, 1.807) is 7.11 Å². The second-order valence-electron chi connectivity index (χ2n) is 3.45. The molecule has 0 spiro atoms. The van der Waals surface area contributed by atoms with Gasteiger partial charge in [0.25, 0.3) is 0 Å². The van der Waals surface area contributed by atoms with Crippen molar-refractivity contribution in [2.75, 3.05) is 26.8 Å². The molecule has 0 aromatic heterocycles. The van der Waals surface area contributed by atoms with Gasteiger partial charge in [-0.15, -0.1) is 0 Å². The Morgan fingerprint density at radius 1 is 1.46 bits per heavy atom. The maximum atomic E-state index is 11.2. The molecule has 3 nitrogen and oxygen atoms in total. The van der Waals surface area contributed by atoms with Gasteiger partial charge in [-0.3, -0.25) is 9.69 Å². The molecule has 3 heteroatoms. The average molecular weight is 187 g/mol. The summed E-state index contributed by atoms with van der Waals surface area (Å²) in [5, 5.41) is 0. The maximum absolute atomic E-state index is 11.2. The van der Waals surface area contributed by atoms with Gasteiger partial charge in [0.15, 0.2) is 0 Å². The number of ketones is 1. The Bertz CT molecular complexity index is 146. The van der Waals surface area contributed by atoms with Crippen LogP contribution in [0.15, 0.2) is 0 Å². The quantitative estimate of drug-likeness (QED) is 0.602. The molecule has 0 radical (unpaired) electrons. The van der Waals surface area contributed by atoms with Crippen molar-refractivity contribution in [2.45, 2.75) is 33.2 Å². The van der Waals surface area contributed by atoms with Crippen molar-refractivity contribution in [2.24, 2.45) is 0 Å². The number of carbonyl (C=O) groups is 1. The van der Waals surface area contributed by atoms with Crippen molar-refractivity contribution in [1.29, 1.82) is 0 Å². The van der Waals surface area contributed by atoms with E-state index in [2.05, 4.69) is 18.7 Å². The molecular weight excluding hydrogens is 166 g/mol. The van der Waals surface area contributed by atoms with Gasteiger partial charge in [0.2, 0.25) is 0 Å². The van der Waals surface area contributed by atoms with Crippen LogP contribution in [0.4, 0.5) is 0 Å². The molecule has 0 aliphatic rings. The van der Waals surface area contributed by atoms with Gasteiger partial charge < -0.3 is 4.74 Å². The number of carbonyl (C=O) groups excluding carboxylic acids is 1. The molecular formula is C10H21NO2. The van der Waals surface area contributed by atoms with E-state index in [0.29, 0.717) is 31.4 Å². The largest absolute Gasteiger partial charge is 0.383 e. The van der Waals surface area contributed by atoms with Crippen LogP contribution in [0.25, 0.3) is 0 Å². The van der Waals surface area contributed by atoms with Crippen molar-refractivity contribution in [1.82, 2.24) is 4.90 Å². The van der Waals surface area contributed by atoms with Crippen LogP contribution in [0.5, 0.6) is 0 Å². The summed E-state index contributed by atoms with van der Waals surface area (Å²) >= 11 is 0. The second kappa shape index (κ2) is 7.04. The van der Waals surface area contributed by atoms with E-state index in [1.165, 1.54) is 0 Å². The molecule has 0 aliphatic carbocycles. The normalized spacial score (nSPS) is 11.2. The Morgan fingerprint density at radius 3 is 2.46 bits per heavy atom. The predicted octanol–water partition coefficient (Wildman–Crippen LogP) is 1.32. The Balaban J connectivity index is 3.87. The van der Waals surface area contributed by atoms with Crippen molar-refractivity contribution >= 4 is 5.78 Å². The zero-order chi connectivity index (χ0) is 10.3. The van der Waals surface area contributed by atoms with Gasteiger partial charge in [-0.1, -0.05) is 6.92 Å². The number of methoxy groups -OCH3 is 1. The lowest BCUT2D eigenvalue weighted by molar-refractivity contribution is -0.120. The fourth-order valence-electron chi connectivity index (χ4n) is 1.07. The molecule has 0 saturated carbocycles. The molecule has 13 heavy (non-hydrogen) atoms. The van der Waals surface area contributed by atoms with Crippen molar-refractivity contribution < 1.29 is 9.53 Å². The van der Waals surface area contributed by atoms with Gasteiger partial charge in [0, 0.05) is 26.1 Å². The summed E-state index contributed by atoms with van der Waals surface area (Å²) < 4.78 is 4.98. The average Bonchev–Trinajstić information content (AvgIpc) is 2.11. The lowest BCUT2D eigenvalue weighted by Crippen LogP contribution is -2.37. The Kier molecular flexibility index (Phi) is 6.82. The second-order valence-corrected chi connectivity index (χ2v) is 3.45. The zero-order valence-corrected chi connectivity index (χ0v) is 9.17. The monoisotopic (exact) mass is 187 g/mol. The van der Waals surface area contributed by atoms with Gasteiger partial charge in [0.1, 0.15) is 5.78 Å². The molecule has 0 saturated heterocycles. The fraction of sp³-hybridized carbons (Fsp3) is 0.900. The van der Waals surface area contributed by atoms with Gasteiger partial charge in [-0.2, -0.15) is 0 Å². The number of nitrogens with zero attached hydrogens (tertiary/aromatic N) is 1. The van der Waals surface area contributed by atoms with Crippen LogP contribution < -0.4 is 0 Å². The van der Waals surface area contributed by atoms with Crippen LogP contribution in [-0.2, 0) is 9.53 Å². The summed E-state index contributed by atoms with van der Waals surface area (Å²) in [6.45, 7) is 8.17. The number of ether oxygens (including phenoxy) is 1. The Hall–Kier alpha value is -0.410. The standard InChI is InChI=1S/C10H21NO2/c1-5-10(12)8-11(9(2)3)6-7-13-4/h9H,5-8H2,1-4H3. The van der Waals surface area contributed by atoms with Crippen LogP contribution in [0.3, 0.4) is 0 Å². The molecule has 0 aromatic rings. The first kappa shape index (κ1) is 12.6. The van der Waals surface area contributed by atoms with E-state index in [4.69, 9.17) is 4.74 Å². The van der Waals surface area contributed by atoms with Crippen LogP contribution in [0.1, 0.15) is 27.2 Å². The van der Waals surface area contributed by atoms with Crippen molar-refractivity contribution in [3.63, 3.8) is 0 Å². The molecule has 0 heterocycles. The molecule has 0 aromatic carbocycles. The lowest BCUT2D eigenvalue weighted by Gasteiger charge is -2.24. The van der Waals surface area contributed by atoms with Gasteiger partial charge in [-0.05, 0) is 13.8 Å². The highest BCUT2D eigenvalue weighted by atomic mass is 16.5. The highest BCUT2D eigenvalue weighted by Crippen LogP contribution is 1.98. The van der Waals surface area contributed by atoms with E-state index >= 15 is 0 Å². The fourth-order valence-corrected chi connectivity index (χ4v) is 1.07. The number of hydrogen-bond donors (Lipinski definition) is 0. The number of Topliss-reactive ketones (excluding diaryl/α,β-unsaturated/α-hetero) is 1. The first-order valence-corrected chi connectivity index (χ1v) is 4.86. The lowest BCUT2D eigenvalue weighted by atomic mass is 10.2. The molecule has 0 unspecified atom stereocenters. The summed E-state index contributed by atoms with van der Waals surface area (Å²) in [6, 6.07) is 0.408. The maximum Gasteiger partial charge on any atom is 0.146 e. The summed E-state index contributed by atoms with van der Waals surface area (Å²) in [5.74, 6) is 0.296. The van der Waals surface area contributed by atoms with E-state index in [0.717, 1.165) is 6.54 Å². The highest BCUT2D eigenvalue weighted by molar-refractivity contribution is 5.80. The summed E-state index contributed by atoms with van der Waals surface area (Å²) in [6.07, 6.45) is 0.621. The van der Waals surface area contributed by atoms with Crippen molar-refractivity contribution in [3.05, 3.63) is 0 Å². The third-order valence-electron chi connectivity index (χ3n) is 2.09. The molecule has 0 N–H and O–H groups in total. The van der Waals surface area contributed by atoms with E-state index in [9.17, 15) is 4.79 Å². The minimum atomic E-state index is 0.296. The number of hydrogen-bond acceptors (Lipinski definition) is 3. The van der Waals surface area contributed by atoms with E-state index < -0.39 is 0 Å². The SMILES string of the molecule is CCC(=O)CN(CCOC)C(C)C. The first-order chi connectivity index (χ1) is 6.11. The summed E-state index contributed by atoms with van der Waals surface area (Å²) in [5.41, 5.74) is 0. The Labute approximate surface area is 81.1 Å². The topological polar surface area (TPSA) is 29.5 Å². The van der Waals surface area contributed by atoms with Gasteiger partial charge in [0.05, 0.1) is 13.2 Å². The molecule has 78 valence electrons. The minimum absolute atomic E-state index is 0.296. The van der Waals surface area contributed by atoms with Crippen LogP contribution in [-0.4, -0.2) is 43.5 Å². The molecule has 0 aliphatic heterocycles. The van der Waals surface area contributed by atoms with E-state index in [1.807, 2.05) is 6.92 Å². The van der Waals surface area contributed by atoms with Crippen LogP contribution in [0, 0.1) is 0 Å². The molecule has 0 amide bonds. The van der Waals surface area contributed by atoms with Crippen LogP contribution >= 0.6 is 0 Å². The third kappa shape index (κ3) is 5.77.